The summed E-state index contributed by atoms with van der Waals surface area (Å²) in [6, 6.07) is 0.586. The van der Waals surface area contributed by atoms with Crippen LogP contribution in [0.4, 0.5) is 0 Å². The molecule has 4 aliphatic rings. The van der Waals surface area contributed by atoms with E-state index in [1.807, 2.05) is 0 Å². The van der Waals surface area contributed by atoms with E-state index in [1.165, 1.54) is 32.1 Å². The van der Waals surface area contributed by atoms with E-state index < -0.39 is 0 Å². The van der Waals surface area contributed by atoms with E-state index >= 15 is 0 Å². The molecular formula is C24H42N2O. The van der Waals surface area contributed by atoms with Crippen molar-refractivity contribution in [1.82, 2.24) is 0 Å². The first-order chi connectivity index (χ1) is 12.7. The summed E-state index contributed by atoms with van der Waals surface area (Å²) in [4.78, 5) is 0. The Morgan fingerprint density at radius 2 is 1.93 bits per heavy atom. The summed E-state index contributed by atoms with van der Waals surface area (Å²) < 4.78 is 0. The second-order valence-corrected chi connectivity index (χ2v) is 11.3. The first-order valence-electron chi connectivity index (χ1n) is 11.6. The van der Waals surface area contributed by atoms with Crippen LogP contribution in [0.5, 0.6) is 0 Å². The van der Waals surface area contributed by atoms with Gasteiger partial charge in [-0.15, -0.1) is 0 Å². The summed E-state index contributed by atoms with van der Waals surface area (Å²) in [7, 11) is 0. The zero-order valence-corrected chi connectivity index (χ0v) is 18.0. The van der Waals surface area contributed by atoms with Gasteiger partial charge in [-0.2, -0.15) is 0 Å². The molecule has 3 fully saturated rings. The molecule has 0 aliphatic heterocycles. The van der Waals surface area contributed by atoms with Gasteiger partial charge in [0.05, 0.1) is 6.10 Å². The highest BCUT2D eigenvalue weighted by Gasteiger charge is 2.61. The number of hydrogen-bond acceptors (Lipinski definition) is 3. The Labute approximate surface area is 166 Å². The quantitative estimate of drug-likeness (QED) is 0.647. The molecule has 0 bridgehead atoms. The second kappa shape index (κ2) is 6.85. The van der Waals surface area contributed by atoms with Gasteiger partial charge in [0.1, 0.15) is 0 Å². The molecule has 0 saturated heterocycles. The lowest BCUT2D eigenvalue weighted by atomic mass is 9.47. The first kappa shape index (κ1) is 19.9. The fourth-order valence-corrected chi connectivity index (χ4v) is 8.50. The Kier molecular flexibility index (Phi) is 5.05. The third-order valence-electron chi connectivity index (χ3n) is 9.61. The average Bonchev–Trinajstić information content (AvgIpc) is 2.85. The van der Waals surface area contributed by atoms with Crippen LogP contribution in [0.1, 0.15) is 79.1 Å². The van der Waals surface area contributed by atoms with E-state index in [2.05, 4.69) is 33.8 Å². The van der Waals surface area contributed by atoms with Crippen molar-refractivity contribution in [2.75, 3.05) is 0 Å². The third-order valence-corrected chi connectivity index (χ3v) is 9.61. The van der Waals surface area contributed by atoms with Crippen molar-refractivity contribution in [3.05, 3.63) is 11.6 Å². The van der Waals surface area contributed by atoms with Crippen LogP contribution in [-0.2, 0) is 0 Å². The summed E-state index contributed by atoms with van der Waals surface area (Å²) in [5, 5.41) is 11.1. The van der Waals surface area contributed by atoms with Crippen molar-refractivity contribution in [3.8, 4) is 0 Å². The Hall–Kier alpha value is -0.380. The van der Waals surface area contributed by atoms with E-state index in [-0.39, 0.29) is 17.6 Å². The predicted molar refractivity (Wildman–Crippen MR) is 112 cm³/mol. The molecule has 0 radical (unpaired) electrons. The molecule has 5 N–H and O–H groups in total. The summed E-state index contributed by atoms with van der Waals surface area (Å²) in [6.45, 7) is 9.48. The summed E-state index contributed by atoms with van der Waals surface area (Å²) in [6.07, 6.45) is 11.8. The average molecular weight is 375 g/mol. The molecular weight excluding hydrogens is 332 g/mol. The van der Waals surface area contributed by atoms with E-state index in [9.17, 15) is 5.11 Å². The molecule has 0 aromatic rings. The minimum Gasteiger partial charge on any atom is -0.393 e. The van der Waals surface area contributed by atoms with E-state index in [0.29, 0.717) is 29.2 Å². The number of nitrogens with two attached hydrogens (primary N) is 2. The molecule has 10 atom stereocenters. The van der Waals surface area contributed by atoms with Crippen molar-refractivity contribution in [3.63, 3.8) is 0 Å². The Bertz CT molecular complexity index is 601. The van der Waals surface area contributed by atoms with Gasteiger partial charge in [-0.25, -0.2) is 0 Å². The zero-order valence-electron chi connectivity index (χ0n) is 18.0. The summed E-state index contributed by atoms with van der Waals surface area (Å²) in [5.41, 5.74) is 14.7. The van der Waals surface area contributed by atoms with E-state index in [4.69, 9.17) is 11.5 Å². The van der Waals surface area contributed by atoms with Gasteiger partial charge in [0.15, 0.2) is 0 Å². The smallest absolute Gasteiger partial charge is 0.0579 e. The predicted octanol–water partition coefficient (Wildman–Crippen LogP) is 4.24. The number of aliphatic hydroxyl groups excluding tert-OH is 1. The normalized spacial score (nSPS) is 51.6. The van der Waals surface area contributed by atoms with Gasteiger partial charge in [-0.1, -0.05) is 32.4 Å². The van der Waals surface area contributed by atoms with Crippen molar-refractivity contribution in [1.29, 1.82) is 0 Å². The van der Waals surface area contributed by atoms with Gasteiger partial charge >= 0.3 is 0 Å². The van der Waals surface area contributed by atoms with Gasteiger partial charge in [0, 0.05) is 12.1 Å². The zero-order chi connectivity index (χ0) is 19.6. The molecule has 3 saturated carbocycles. The molecule has 0 aromatic carbocycles. The molecule has 27 heavy (non-hydrogen) atoms. The van der Waals surface area contributed by atoms with Crippen LogP contribution in [0.25, 0.3) is 0 Å². The number of aliphatic hydroxyl groups is 1. The van der Waals surface area contributed by atoms with Gasteiger partial charge in [-0.3, -0.25) is 0 Å². The number of fused-ring (bicyclic) bond motifs is 5. The largest absolute Gasteiger partial charge is 0.393 e. The van der Waals surface area contributed by atoms with Gasteiger partial charge in [-0.05, 0) is 98.7 Å². The molecule has 0 aromatic heterocycles. The van der Waals surface area contributed by atoms with Crippen molar-refractivity contribution in [2.45, 2.75) is 97.2 Å². The molecule has 3 heteroatoms. The summed E-state index contributed by atoms with van der Waals surface area (Å²) >= 11 is 0. The Morgan fingerprint density at radius 1 is 1.19 bits per heavy atom. The maximum Gasteiger partial charge on any atom is 0.0579 e. The maximum absolute atomic E-state index is 11.1. The molecule has 4 aliphatic carbocycles. The highest BCUT2D eigenvalue weighted by atomic mass is 16.3. The maximum atomic E-state index is 11.1. The van der Waals surface area contributed by atoms with Crippen LogP contribution in [0.3, 0.4) is 0 Å². The highest BCUT2D eigenvalue weighted by Crippen LogP contribution is 2.67. The Balaban J connectivity index is 1.62. The van der Waals surface area contributed by atoms with Crippen LogP contribution in [0.2, 0.25) is 0 Å². The number of hydrogen-bond donors (Lipinski definition) is 3. The van der Waals surface area contributed by atoms with Crippen LogP contribution in [0.15, 0.2) is 11.6 Å². The fourth-order valence-electron chi connectivity index (χ4n) is 8.50. The van der Waals surface area contributed by atoms with Crippen LogP contribution in [-0.4, -0.2) is 23.3 Å². The standard InChI is InChI=1S/C24H42N2O/c1-14(11-15(2)25)22-21(27)13-20-18-6-5-16-12-17(26)7-9-23(16,3)19(18)8-10-24(20,22)4/h5,14-15,17-22,27H,6-13,25-26H2,1-4H3. The van der Waals surface area contributed by atoms with Gasteiger partial charge in [0.2, 0.25) is 0 Å². The minimum absolute atomic E-state index is 0.148. The number of allylic oxidation sites excluding steroid dienone is 1. The first-order valence-corrected chi connectivity index (χ1v) is 11.6. The topological polar surface area (TPSA) is 72.3 Å². The molecule has 0 heterocycles. The monoisotopic (exact) mass is 374 g/mol. The number of rotatable bonds is 3. The van der Waals surface area contributed by atoms with Gasteiger partial charge in [0.25, 0.3) is 0 Å². The lowest BCUT2D eigenvalue weighted by molar-refractivity contribution is -0.0567. The van der Waals surface area contributed by atoms with E-state index in [0.717, 1.165) is 31.1 Å². The SMILES string of the molecule is CC(N)CC(C)C1C(O)CC2C3CC=C4CC(N)CCC4(C)C3CCC21C. The van der Waals surface area contributed by atoms with Crippen LogP contribution < -0.4 is 11.5 Å². The van der Waals surface area contributed by atoms with Crippen LogP contribution >= 0.6 is 0 Å². The molecule has 4 rings (SSSR count). The highest BCUT2D eigenvalue weighted by molar-refractivity contribution is 5.26. The van der Waals surface area contributed by atoms with E-state index in [1.54, 1.807) is 5.57 Å². The third kappa shape index (κ3) is 3.04. The molecule has 0 amide bonds. The Morgan fingerprint density at radius 3 is 2.63 bits per heavy atom. The van der Waals surface area contributed by atoms with Crippen LogP contribution in [0, 0.1) is 40.4 Å². The van der Waals surface area contributed by atoms with Crippen molar-refractivity contribution in [2.24, 2.45) is 51.9 Å². The molecule has 10 unspecified atom stereocenters. The fraction of sp³-hybridized carbons (Fsp3) is 0.917. The lowest BCUT2D eigenvalue weighted by Crippen LogP contribution is -2.51. The molecule has 0 spiro atoms. The summed E-state index contributed by atoms with van der Waals surface area (Å²) in [5.74, 6) is 3.11. The van der Waals surface area contributed by atoms with Gasteiger partial charge < -0.3 is 16.6 Å². The van der Waals surface area contributed by atoms with Crippen molar-refractivity contribution < 1.29 is 5.11 Å². The van der Waals surface area contributed by atoms with Crippen molar-refractivity contribution >= 4 is 0 Å². The minimum atomic E-state index is -0.148. The molecule has 154 valence electrons. The molecule has 3 nitrogen and oxygen atoms in total. The second-order valence-electron chi connectivity index (χ2n) is 11.3. The lowest BCUT2D eigenvalue weighted by Gasteiger charge is -2.58.